The minimum Gasteiger partial charge on any atom is -0.383 e. The maximum Gasteiger partial charge on any atom is 0.246 e. The van der Waals surface area contributed by atoms with Gasteiger partial charge in [0, 0.05) is 18.8 Å². The summed E-state index contributed by atoms with van der Waals surface area (Å²) < 4.78 is 26.4. The highest BCUT2D eigenvalue weighted by Gasteiger charge is 2.37. The number of hydrogen-bond donors (Lipinski definition) is 1. The molecule has 1 fully saturated rings. The first-order valence-corrected chi connectivity index (χ1v) is 7.09. The normalized spacial score (nSPS) is 26.2. The van der Waals surface area contributed by atoms with Crippen molar-refractivity contribution in [3.63, 3.8) is 0 Å². The van der Waals surface area contributed by atoms with Gasteiger partial charge >= 0.3 is 0 Å². The Morgan fingerprint density at radius 2 is 2.18 bits per heavy atom. The zero-order valence-electron chi connectivity index (χ0n) is 10.00. The van der Waals surface area contributed by atoms with Crippen LogP contribution in [0, 0.1) is 5.92 Å². The Labute approximate surface area is 102 Å². The fraction of sp³-hybridized carbons (Fsp3) is 0.545. The van der Waals surface area contributed by atoms with E-state index >= 15 is 0 Å². The summed E-state index contributed by atoms with van der Waals surface area (Å²) in [5.41, 5.74) is 5.64. The number of nitrogens with zero attached hydrogens (tertiary/aromatic N) is 2. The van der Waals surface area contributed by atoms with Gasteiger partial charge in [0.15, 0.2) is 0 Å². The summed E-state index contributed by atoms with van der Waals surface area (Å²) in [6, 6.07) is 3.12. The van der Waals surface area contributed by atoms with Crippen molar-refractivity contribution in [3.05, 3.63) is 18.3 Å². The zero-order chi connectivity index (χ0) is 12.6. The van der Waals surface area contributed by atoms with E-state index in [-0.39, 0.29) is 16.8 Å². The quantitative estimate of drug-likeness (QED) is 0.858. The van der Waals surface area contributed by atoms with Crippen LogP contribution in [0.15, 0.2) is 23.2 Å². The number of hydrogen-bond acceptors (Lipinski definition) is 4. The van der Waals surface area contributed by atoms with Gasteiger partial charge in [0.05, 0.1) is 0 Å². The number of anilines is 1. The first kappa shape index (κ1) is 12.3. The molecule has 2 rings (SSSR count). The molecule has 17 heavy (non-hydrogen) atoms. The summed E-state index contributed by atoms with van der Waals surface area (Å²) in [7, 11) is -3.51. The van der Waals surface area contributed by atoms with Crippen LogP contribution in [0.4, 0.5) is 5.82 Å². The predicted octanol–water partition coefficient (Wildman–Crippen LogP) is 1.08. The molecule has 0 aromatic carbocycles. The SMILES string of the molecule is CC1CC(C)N(S(=O)(=O)c2cccnc2N)C1. The van der Waals surface area contributed by atoms with Gasteiger partial charge in [0.1, 0.15) is 10.7 Å². The monoisotopic (exact) mass is 255 g/mol. The van der Waals surface area contributed by atoms with Crippen molar-refractivity contribution in [2.24, 2.45) is 5.92 Å². The Bertz CT molecular complexity index is 515. The number of nitrogens with two attached hydrogens (primary N) is 1. The molecule has 1 aromatic heterocycles. The number of sulfonamides is 1. The lowest BCUT2D eigenvalue weighted by Gasteiger charge is -2.21. The number of nitrogen functional groups attached to an aromatic ring is 1. The van der Waals surface area contributed by atoms with E-state index in [0.29, 0.717) is 12.5 Å². The lowest BCUT2D eigenvalue weighted by atomic mass is 10.1. The smallest absolute Gasteiger partial charge is 0.246 e. The topological polar surface area (TPSA) is 76.3 Å². The van der Waals surface area contributed by atoms with Crippen molar-refractivity contribution in [1.29, 1.82) is 0 Å². The minimum absolute atomic E-state index is 0.0228. The molecular formula is C11H17N3O2S. The van der Waals surface area contributed by atoms with Crippen molar-refractivity contribution < 1.29 is 8.42 Å². The van der Waals surface area contributed by atoms with Crippen LogP contribution in [0.5, 0.6) is 0 Å². The molecule has 2 N–H and O–H groups in total. The lowest BCUT2D eigenvalue weighted by molar-refractivity contribution is 0.405. The van der Waals surface area contributed by atoms with Crippen LogP contribution >= 0.6 is 0 Å². The summed E-state index contributed by atoms with van der Waals surface area (Å²) in [6.07, 6.45) is 2.38. The summed E-state index contributed by atoms with van der Waals surface area (Å²) in [4.78, 5) is 3.94. The Morgan fingerprint density at radius 3 is 2.71 bits per heavy atom. The highest BCUT2D eigenvalue weighted by atomic mass is 32.2. The Morgan fingerprint density at radius 1 is 1.47 bits per heavy atom. The van der Waals surface area contributed by atoms with Gasteiger partial charge in [0.25, 0.3) is 0 Å². The molecule has 1 aliphatic heterocycles. The Balaban J connectivity index is 2.41. The molecule has 1 saturated heterocycles. The van der Waals surface area contributed by atoms with Crippen molar-refractivity contribution in [2.45, 2.75) is 31.2 Å². The van der Waals surface area contributed by atoms with Crippen LogP contribution in [0.2, 0.25) is 0 Å². The first-order chi connectivity index (χ1) is 7.93. The molecule has 0 saturated carbocycles. The molecule has 5 nitrogen and oxygen atoms in total. The standard InChI is InChI=1S/C11H17N3O2S/c1-8-6-9(2)14(7-8)17(15,16)10-4-3-5-13-11(10)12/h3-5,8-9H,6-7H2,1-2H3,(H2,12,13). The van der Waals surface area contributed by atoms with Crippen LogP contribution in [-0.4, -0.2) is 30.3 Å². The largest absolute Gasteiger partial charge is 0.383 e. The molecule has 0 amide bonds. The van der Waals surface area contributed by atoms with E-state index in [2.05, 4.69) is 11.9 Å². The Hall–Kier alpha value is -1.14. The maximum absolute atomic E-state index is 12.4. The third kappa shape index (κ3) is 2.14. The molecule has 0 bridgehead atoms. The van der Waals surface area contributed by atoms with Crippen molar-refractivity contribution in [3.8, 4) is 0 Å². The fourth-order valence-electron chi connectivity index (χ4n) is 2.34. The molecule has 0 spiro atoms. The average Bonchev–Trinajstić information content (AvgIpc) is 2.59. The summed E-state index contributed by atoms with van der Waals surface area (Å²) in [5.74, 6) is 0.455. The van der Waals surface area contributed by atoms with Gasteiger partial charge in [-0.05, 0) is 31.4 Å². The molecule has 2 heterocycles. The fourth-order valence-corrected chi connectivity index (χ4v) is 4.17. The molecule has 6 heteroatoms. The van der Waals surface area contributed by atoms with Gasteiger partial charge < -0.3 is 5.73 Å². The van der Waals surface area contributed by atoms with Crippen LogP contribution in [0.3, 0.4) is 0 Å². The number of rotatable bonds is 2. The first-order valence-electron chi connectivity index (χ1n) is 5.65. The minimum atomic E-state index is -3.51. The summed E-state index contributed by atoms with van der Waals surface area (Å²) in [6.45, 7) is 4.53. The van der Waals surface area contributed by atoms with Crippen molar-refractivity contribution in [1.82, 2.24) is 9.29 Å². The molecule has 94 valence electrons. The highest BCUT2D eigenvalue weighted by molar-refractivity contribution is 7.89. The van der Waals surface area contributed by atoms with E-state index in [1.54, 1.807) is 6.07 Å². The van der Waals surface area contributed by atoms with Crippen LogP contribution in [-0.2, 0) is 10.0 Å². The summed E-state index contributed by atoms with van der Waals surface area (Å²) >= 11 is 0. The number of aromatic nitrogens is 1. The second-order valence-electron chi connectivity index (χ2n) is 4.65. The van der Waals surface area contributed by atoms with E-state index in [4.69, 9.17) is 5.73 Å². The number of pyridine rings is 1. The van der Waals surface area contributed by atoms with E-state index in [0.717, 1.165) is 6.42 Å². The predicted molar refractivity (Wildman–Crippen MR) is 65.8 cm³/mol. The van der Waals surface area contributed by atoms with Crippen LogP contribution < -0.4 is 5.73 Å². The van der Waals surface area contributed by atoms with Crippen molar-refractivity contribution in [2.75, 3.05) is 12.3 Å². The van der Waals surface area contributed by atoms with Gasteiger partial charge in [-0.15, -0.1) is 0 Å². The molecular weight excluding hydrogens is 238 g/mol. The third-order valence-corrected chi connectivity index (χ3v) is 5.14. The molecule has 0 aliphatic carbocycles. The molecule has 0 radical (unpaired) electrons. The van der Waals surface area contributed by atoms with E-state index in [1.165, 1.54) is 16.6 Å². The summed E-state index contributed by atoms with van der Waals surface area (Å²) in [5, 5.41) is 0. The van der Waals surface area contributed by atoms with Crippen LogP contribution in [0.25, 0.3) is 0 Å². The van der Waals surface area contributed by atoms with Gasteiger partial charge in [-0.2, -0.15) is 4.31 Å². The van der Waals surface area contributed by atoms with E-state index in [1.807, 2.05) is 6.92 Å². The zero-order valence-corrected chi connectivity index (χ0v) is 10.8. The molecule has 2 unspecified atom stereocenters. The molecule has 1 aromatic rings. The second kappa shape index (κ2) is 4.27. The highest BCUT2D eigenvalue weighted by Crippen LogP contribution is 2.30. The van der Waals surface area contributed by atoms with Crippen LogP contribution in [0.1, 0.15) is 20.3 Å². The van der Waals surface area contributed by atoms with Gasteiger partial charge in [-0.25, -0.2) is 13.4 Å². The van der Waals surface area contributed by atoms with Gasteiger partial charge in [0.2, 0.25) is 10.0 Å². The van der Waals surface area contributed by atoms with E-state index < -0.39 is 10.0 Å². The Kier molecular flexibility index (Phi) is 3.09. The third-order valence-electron chi connectivity index (χ3n) is 3.11. The second-order valence-corrected chi connectivity index (χ2v) is 6.51. The lowest BCUT2D eigenvalue weighted by Crippen LogP contribution is -2.34. The maximum atomic E-state index is 12.4. The van der Waals surface area contributed by atoms with Gasteiger partial charge in [-0.3, -0.25) is 0 Å². The van der Waals surface area contributed by atoms with Crippen molar-refractivity contribution >= 4 is 15.8 Å². The van der Waals surface area contributed by atoms with E-state index in [9.17, 15) is 8.42 Å². The average molecular weight is 255 g/mol. The molecule has 2 atom stereocenters. The molecule has 1 aliphatic rings. The van der Waals surface area contributed by atoms with Gasteiger partial charge in [-0.1, -0.05) is 6.92 Å².